The monoisotopic (exact) mass is 313 g/mol. The van der Waals surface area contributed by atoms with E-state index in [9.17, 15) is 0 Å². The van der Waals surface area contributed by atoms with Crippen molar-refractivity contribution < 1.29 is 0 Å². The molecule has 0 radical (unpaired) electrons. The summed E-state index contributed by atoms with van der Waals surface area (Å²) in [5.74, 6) is 0. The molecule has 92 valence electrons. The van der Waals surface area contributed by atoms with Crippen LogP contribution in [-0.2, 0) is 13.5 Å². The third kappa shape index (κ3) is 2.97. The highest BCUT2D eigenvalue weighted by atomic mass is 79.9. The van der Waals surface area contributed by atoms with E-state index in [1.54, 1.807) is 11.3 Å². The van der Waals surface area contributed by atoms with Crippen molar-refractivity contribution in [3.05, 3.63) is 38.3 Å². The minimum atomic E-state index is 0.328. The Morgan fingerprint density at radius 2 is 2.35 bits per heavy atom. The Bertz CT molecular complexity index is 504. The predicted molar refractivity (Wildman–Crippen MR) is 75.5 cm³/mol. The summed E-state index contributed by atoms with van der Waals surface area (Å²) < 4.78 is 3.04. The Kier molecular flexibility index (Phi) is 4.01. The Labute approximate surface area is 114 Å². The largest absolute Gasteiger partial charge is 0.313 e. The van der Waals surface area contributed by atoms with Crippen LogP contribution in [0.3, 0.4) is 0 Å². The molecule has 0 fully saturated rings. The molecule has 5 heteroatoms. The molecule has 2 heterocycles. The fourth-order valence-corrected chi connectivity index (χ4v) is 3.49. The quantitative estimate of drug-likeness (QED) is 0.940. The molecule has 0 aromatic carbocycles. The zero-order valence-corrected chi connectivity index (χ0v) is 12.6. The summed E-state index contributed by atoms with van der Waals surface area (Å²) in [5.41, 5.74) is 2.38. The summed E-state index contributed by atoms with van der Waals surface area (Å²) in [6.07, 6.45) is 3.10. The highest BCUT2D eigenvalue weighted by molar-refractivity contribution is 9.10. The second-order valence-corrected chi connectivity index (χ2v) is 6.03. The number of nitrogens with one attached hydrogen (secondary N) is 1. The van der Waals surface area contributed by atoms with E-state index in [0.29, 0.717) is 6.04 Å². The maximum atomic E-state index is 4.40. The van der Waals surface area contributed by atoms with Crippen LogP contribution in [0, 0.1) is 6.92 Å². The number of aryl methyl sites for hydroxylation is 2. The summed E-state index contributed by atoms with van der Waals surface area (Å²) in [5, 5.41) is 9.89. The van der Waals surface area contributed by atoms with Crippen molar-refractivity contribution in [3.63, 3.8) is 0 Å². The number of thiophene rings is 1. The van der Waals surface area contributed by atoms with Gasteiger partial charge in [-0.3, -0.25) is 4.68 Å². The topological polar surface area (TPSA) is 29.9 Å². The second kappa shape index (κ2) is 5.33. The van der Waals surface area contributed by atoms with Gasteiger partial charge >= 0.3 is 0 Å². The molecule has 3 nitrogen and oxygen atoms in total. The van der Waals surface area contributed by atoms with Gasteiger partial charge in [-0.05, 0) is 36.0 Å². The summed E-state index contributed by atoms with van der Waals surface area (Å²) in [4.78, 5) is 1.37. The molecular weight excluding hydrogens is 298 g/mol. The van der Waals surface area contributed by atoms with Gasteiger partial charge in [0.2, 0.25) is 0 Å². The van der Waals surface area contributed by atoms with Crippen molar-refractivity contribution in [2.24, 2.45) is 7.05 Å². The van der Waals surface area contributed by atoms with Crippen LogP contribution < -0.4 is 5.32 Å². The molecule has 0 aliphatic carbocycles. The van der Waals surface area contributed by atoms with E-state index in [-0.39, 0.29) is 0 Å². The Morgan fingerprint density at radius 3 is 2.82 bits per heavy atom. The number of hydrogen-bond acceptors (Lipinski definition) is 3. The first-order valence-corrected chi connectivity index (χ1v) is 7.17. The SMILES string of the molecule is CNC(Cc1cc(Br)cs1)c1cn(C)nc1C. The molecule has 2 aromatic heterocycles. The van der Waals surface area contributed by atoms with Gasteiger partial charge < -0.3 is 5.32 Å². The third-order valence-electron chi connectivity index (χ3n) is 2.80. The van der Waals surface area contributed by atoms with Crippen molar-refractivity contribution in [1.29, 1.82) is 0 Å². The molecular formula is C12H16BrN3S. The summed E-state index contributed by atoms with van der Waals surface area (Å²) >= 11 is 5.28. The van der Waals surface area contributed by atoms with Crippen LogP contribution in [0.4, 0.5) is 0 Å². The number of rotatable bonds is 4. The fraction of sp³-hybridized carbons (Fsp3) is 0.417. The van der Waals surface area contributed by atoms with Crippen LogP contribution in [0.5, 0.6) is 0 Å². The van der Waals surface area contributed by atoms with Crippen molar-refractivity contribution in [2.45, 2.75) is 19.4 Å². The lowest BCUT2D eigenvalue weighted by Crippen LogP contribution is -2.18. The average Bonchev–Trinajstić information content (AvgIpc) is 2.82. The van der Waals surface area contributed by atoms with Gasteiger partial charge in [0.05, 0.1) is 5.69 Å². The minimum absolute atomic E-state index is 0.328. The summed E-state index contributed by atoms with van der Waals surface area (Å²) in [6.45, 7) is 2.06. The molecule has 0 saturated carbocycles. The lowest BCUT2D eigenvalue weighted by molar-refractivity contribution is 0.593. The summed E-state index contributed by atoms with van der Waals surface area (Å²) in [6, 6.07) is 2.51. The maximum absolute atomic E-state index is 4.40. The molecule has 17 heavy (non-hydrogen) atoms. The maximum Gasteiger partial charge on any atom is 0.0641 e. The van der Waals surface area contributed by atoms with Crippen molar-refractivity contribution >= 4 is 27.3 Å². The van der Waals surface area contributed by atoms with Gasteiger partial charge in [0.15, 0.2) is 0 Å². The smallest absolute Gasteiger partial charge is 0.0641 e. The second-order valence-electron chi connectivity index (χ2n) is 4.12. The van der Waals surface area contributed by atoms with Crippen molar-refractivity contribution in [3.8, 4) is 0 Å². The standard InChI is InChI=1S/C12H16BrN3S/c1-8-11(6-16(3)15-8)12(14-2)5-10-4-9(13)7-17-10/h4,6-7,12,14H,5H2,1-3H3. The van der Waals surface area contributed by atoms with Gasteiger partial charge in [-0.15, -0.1) is 11.3 Å². The number of halogens is 1. The zero-order chi connectivity index (χ0) is 12.4. The lowest BCUT2D eigenvalue weighted by atomic mass is 10.0. The van der Waals surface area contributed by atoms with Crippen LogP contribution in [0.25, 0.3) is 0 Å². The van der Waals surface area contributed by atoms with E-state index in [4.69, 9.17) is 0 Å². The molecule has 0 bridgehead atoms. The van der Waals surface area contributed by atoms with Gasteiger partial charge in [0.1, 0.15) is 0 Å². The lowest BCUT2D eigenvalue weighted by Gasteiger charge is -2.14. The first-order chi connectivity index (χ1) is 8.10. The normalized spacial score (nSPS) is 12.9. The predicted octanol–water partition coefficient (Wildman–Crippen LogP) is 3.06. The van der Waals surface area contributed by atoms with Gasteiger partial charge in [0.25, 0.3) is 0 Å². The van der Waals surface area contributed by atoms with Gasteiger partial charge in [-0.1, -0.05) is 0 Å². The first kappa shape index (κ1) is 12.8. The van der Waals surface area contributed by atoms with E-state index in [0.717, 1.165) is 16.6 Å². The van der Waals surface area contributed by atoms with Crippen LogP contribution in [0.1, 0.15) is 22.2 Å². The molecule has 0 aliphatic rings. The highest BCUT2D eigenvalue weighted by Crippen LogP contribution is 2.26. The Balaban J connectivity index is 2.19. The van der Waals surface area contributed by atoms with Gasteiger partial charge in [-0.25, -0.2) is 0 Å². The van der Waals surface area contributed by atoms with Crippen LogP contribution in [0.2, 0.25) is 0 Å². The number of hydrogen-bond donors (Lipinski definition) is 1. The average molecular weight is 314 g/mol. The number of likely N-dealkylation sites (N-methyl/N-ethyl adjacent to an activating group) is 1. The molecule has 1 atom stereocenters. The number of aromatic nitrogens is 2. The van der Waals surface area contributed by atoms with E-state index < -0.39 is 0 Å². The Hall–Kier alpha value is -0.650. The third-order valence-corrected chi connectivity index (χ3v) is 4.52. The fourth-order valence-electron chi connectivity index (χ4n) is 1.99. The van der Waals surface area contributed by atoms with Crippen LogP contribution in [-0.4, -0.2) is 16.8 Å². The molecule has 1 unspecified atom stereocenters. The van der Waals surface area contributed by atoms with E-state index in [1.165, 1.54) is 10.4 Å². The van der Waals surface area contributed by atoms with Crippen molar-refractivity contribution in [2.75, 3.05) is 7.05 Å². The van der Waals surface area contributed by atoms with E-state index in [1.807, 2.05) is 18.8 Å². The molecule has 0 spiro atoms. The van der Waals surface area contributed by atoms with Crippen molar-refractivity contribution in [1.82, 2.24) is 15.1 Å². The molecule has 0 aliphatic heterocycles. The molecule has 0 saturated heterocycles. The first-order valence-electron chi connectivity index (χ1n) is 5.50. The molecule has 2 rings (SSSR count). The zero-order valence-electron chi connectivity index (χ0n) is 10.2. The highest BCUT2D eigenvalue weighted by Gasteiger charge is 2.16. The van der Waals surface area contributed by atoms with Gasteiger partial charge in [0, 0.05) is 46.0 Å². The van der Waals surface area contributed by atoms with E-state index >= 15 is 0 Å². The number of nitrogens with zero attached hydrogens (tertiary/aromatic N) is 2. The van der Waals surface area contributed by atoms with Crippen LogP contribution >= 0.6 is 27.3 Å². The minimum Gasteiger partial charge on any atom is -0.313 e. The summed E-state index contributed by atoms with van der Waals surface area (Å²) in [7, 11) is 3.96. The molecule has 0 amide bonds. The van der Waals surface area contributed by atoms with E-state index in [2.05, 4.69) is 50.9 Å². The van der Waals surface area contributed by atoms with Gasteiger partial charge in [-0.2, -0.15) is 5.10 Å². The van der Waals surface area contributed by atoms with Crippen LogP contribution in [0.15, 0.2) is 22.1 Å². The Morgan fingerprint density at radius 1 is 1.59 bits per heavy atom. The molecule has 2 aromatic rings. The molecule has 1 N–H and O–H groups in total.